The van der Waals surface area contributed by atoms with Crippen LogP contribution in [0, 0.1) is 6.92 Å². The van der Waals surface area contributed by atoms with E-state index in [4.69, 9.17) is 4.52 Å². The fraction of sp³-hybridized carbons (Fsp3) is 0.0909. The van der Waals surface area contributed by atoms with Crippen LogP contribution < -0.4 is 0 Å². The van der Waals surface area contributed by atoms with Crippen LogP contribution in [0.3, 0.4) is 0 Å². The molecule has 7 heteroatoms. The molecule has 2 aromatic heterocycles. The second kappa shape index (κ2) is 3.95. The van der Waals surface area contributed by atoms with E-state index in [-0.39, 0.29) is 11.6 Å². The minimum atomic E-state index is 0.0935. The highest BCUT2D eigenvalue weighted by Gasteiger charge is 2.15. The molecular formula is C11H9N5O2. The molecule has 18 heavy (non-hydrogen) atoms. The van der Waals surface area contributed by atoms with Crippen molar-refractivity contribution >= 4 is 0 Å². The molecule has 3 aromatic rings. The summed E-state index contributed by atoms with van der Waals surface area (Å²) in [5.41, 5.74) is 1.97. The number of aromatic hydroxyl groups is 1. The highest BCUT2D eigenvalue weighted by atomic mass is 16.5. The van der Waals surface area contributed by atoms with E-state index in [9.17, 15) is 5.11 Å². The zero-order chi connectivity index (χ0) is 12.5. The Labute approximate surface area is 101 Å². The molecule has 0 bridgehead atoms. The standard InChI is InChI=1S/C11H9N5O2/c1-6-2-3-9(17)7(4-6)11-13-10(15-18-11)8-5-12-16-14-8/h2-5,17H,1H3,(H,12,14,16). The third-order valence-corrected chi connectivity index (χ3v) is 2.45. The Bertz CT molecular complexity index is 675. The van der Waals surface area contributed by atoms with Crippen LogP contribution >= 0.6 is 0 Å². The van der Waals surface area contributed by atoms with Crippen LogP contribution in [0.25, 0.3) is 23.0 Å². The van der Waals surface area contributed by atoms with Crippen molar-refractivity contribution in [2.24, 2.45) is 0 Å². The van der Waals surface area contributed by atoms with Crippen LogP contribution in [0.5, 0.6) is 5.75 Å². The zero-order valence-corrected chi connectivity index (χ0v) is 9.45. The Balaban J connectivity index is 2.05. The Morgan fingerprint density at radius 2 is 2.22 bits per heavy atom. The first-order valence-corrected chi connectivity index (χ1v) is 5.24. The van der Waals surface area contributed by atoms with Gasteiger partial charge in [-0.2, -0.15) is 20.4 Å². The summed E-state index contributed by atoms with van der Waals surface area (Å²) < 4.78 is 5.11. The zero-order valence-electron chi connectivity index (χ0n) is 9.45. The smallest absolute Gasteiger partial charge is 0.262 e. The number of phenolic OH excluding ortho intramolecular Hbond substituents is 1. The van der Waals surface area contributed by atoms with E-state index >= 15 is 0 Å². The number of phenols is 1. The molecule has 3 rings (SSSR count). The number of H-pyrrole nitrogens is 1. The van der Waals surface area contributed by atoms with Gasteiger partial charge in [-0.1, -0.05) is 16.8 Å². The van der Waals surface area contributed by atoms with Gasteiger partial charge in [0.1, 0.15) is 5.75 Å². The van der Waals surface area contributed by atoms with Gasteiger partial charge < -0.3 is 9.63 Å². The molecule has 0 atom stereocenters. The first-order valence-electron chi connectivity index (χ1n) is 5.24. The SMILES string of the molecule is Cc1ccc(O)c(-c2nc(-c3cn[nH]n3)no2)c1. The lowest BCUT2D eigenvalue weighted by molar-refractivity contribution is 0.425. The van der Waals surface area contributed by atoms with E-state index in [1.54, 1.807) is 18.2 Å². The molecule has 2 N–H and O–H groups in total. The number of hydrogen-bond acceptors (Lipinski definition) is 6. The van der Waals surface area contributed by atoms with Gasteiger partial charge in [0.15, 0.2) is 5.69 Å². The van der Waals surface area contributed by atoms with Gasteiger partial charge in [-0.25, -0.2) is 0 Å². The quantitative estimate of drug-likeness (QED) is 0.707. The maximum Gasteiger partial charge on any atom is 0.262 e. The second-order valence-electron chi connectivity index (χ2n) is 3.80. The van der Waals surface area contributed by atoms with Crippen LogP contribution in [0.2, 0.25) is 0 Å². The van der Waals surface area contributed by atoms with Crippen molar-refractivity contribution in [1.29, 1.82) is 0 Å². The highest BCUT2D eigenvalue weighted by molar-refractivity contribution is 5.64. The van der Waals surface area contributed by atoms with Gasteiger partial charge in [-0.05, 0) is 19.1 Å². The molecule has 0 saturated heterocycles. The summed E-state index contributed by atoms with van der Waals surface area (Å²) in [4.78, 5) is 4.16. The van der Waals surface area contributed by atoms with Crippen molar-refractivity contribution in [1.82, 2.24) is 25.6 Å². The lowest BCUT2D eigenvalue weighted by Crippen LogP contribution is -1.83. The molecule has 1 aromatic carbocycles. The third-order valence-electron chi connectivity index (χ3n) is 2.45. The number of aromatic amines is 1. The fourth-order valence-corrected chi connectivity index (χ4v) is 1.57. The van der Waals surface area contributed by atoms with E-state index < -0.39 is 0 Å². The number of benzene rings is 1. The number of nitrogens with zero attached hydrogens (tertiary/aromatic N) is 4. The van der Waals surface area contributed by atoms with Crippen LogP contribution in [0.1, 0.15) is 5.56 Å². The number of nitrogens with one attached hydrogen (secondary N) is 1. The summed E-state index contributed by atoms with van der Waals surface area (Å²) in [5.74, 6) is 0.657. The topological polar surface area (TPSA) is 101 Å². The number of hydrogen-bond donors (Lipinski definition) is 2. The van der Waals surface area contributed by atoms with Crippen molar-refractivity contribution in [2.45, 2.75) is 6.92 Å². The van der Waals surface area contributed by atoms with E-state index in [1.165, 1.54) is 6.20 Å². The molecule has 0 fully saturated rings. The number of aryl methyl sites for hydroxylation is 1. The van der Waals surface area contributed by atoms with Crippen molar-refractivity contribution in [3.05, 3.63) is 30.0 Å². The molecule has 0 unspecified atom stereocenters. The van der Waals surface area contributed by atoms with Gasteiger partial charge in [0.25, 0.3) is 5.89 Å². The largest absolute Gasteiger partial charge is 0.507 e. The summed E-state index contributed by atoms with van der Waals surface area (Å²) in [6.45, 7) is 1.91. The van der Waals surface area contributed by atoms with Crippen LogP contribution in [0.4, 0.5) is 0 Å². The Kier molecular flexibility index (Phi) is 2.30. The van der Waals surface area contributed by atoms with Gasteiger partial charge in [0, 0.05) is 0 Å². The molecule has 0 amide bonds. The Hall–Kier alpha value is -2.70. The molecule has 7 nitrogen and oxygen atoms in total. The summed E-state index contributed by atoms with van der Waals surface area (Å²) in [7, 11) is 0. The molecule has 0 aliphatic rings. The maximum atomic E-state index is 9.77. The fourth-order valence-electron chi connectivity index (χ4n) is 1.57. The highest BCUT2D eigenvalue weighted by Crippen LogP contribution is 2.29. The molecule has 0 spiro atoms. The van der Waals surface area contributed by atoms with Crippen molar-refractivity contribution in [3.8, 4) is 28.7 Å². The van der Waals surface area contributed by atoms with Crippen molar-refractivity contribution in [2.75, 3.05) is 0 Å². The van der Waals surface area contributed by atoms with Crippen LogP contribution in [0.15, 0.2) is 28.9 Å². The average molecular weight is 243 g/mol. The van der Waals surface area contributed by atoms with Gasteiger partial charge in [0.2, 0.25) is 5.82 Å². The minimum absolute atomic E-state index is 0.0935. The molecule has 0 saturated carbocycles. The normalized spacial score (nSPS) is 10.7. The molecule has 90 valence electrons. The number of rotatable bonds is 2. The van der Waals surface area contributed by atoms with Crippen molar-refractivity contribution < 1.29 is 9.63 Å². The lowest BCUT2D eigenvalue weighted by atomic mass is 10.1. The Morgan fingerprint density at radius 3 is 3.00 bits per heavy atom. The molecule has 0 aliphatic carbocycles. The van der Waals surface area contributed by atoms with Gasteiger partial charge >= 0.3 is 0 Å². The summed E-state index contributed by atoms with van der Waals surface area (Å²) in [6.07, 6.45) is 1.49. The first-order chi connectivity index (χ1) is 8.74. The second-order valence-corrected chi connectivity index (χ2v) is 3.80. The van der Waals surface area contributed by atoms with E-state index in [0.29, 0.717) is 17.1 Å². The van der Waals surface area contributed by atoms with Gasteiger partial charge in [0.05, 0.1) is 11.8 Å². The molecule has 2 heterocycles. The summed E-state index contributed by atoms with van der Waals surface area (Å²) >= 11 is 0. The molecular weight excluding hydrogens is 234 g/mol. The van der Waals surface area contributed by atoms with E-state index in [1.807, 2.05) is 6.92 Å². The monoisotopic (exact) mass is 243 g/mol. The molecule has 0 radical (unpaired) electrons. The summed E-state index contributed by atoms with van der Waals surface area (Å²) in [5, 5.41) is 23.5. The average Bonchev–Trinajstić information content (AvgIpc) is 3.00. The predicted molar refractivity (Wildman–Crippen MR) is 61.5 cm³/mol. The Morgan fingerprint density at radius 1 is 1.33 bits per heavy atom. The van der Waals surface area contributed by atoms with Gasteiger partial charge in [-0.15, -0.1) is 0 Å². The van der Waals surface area contributed by atoms with Crippen molar-refractivity contribution in [3.63, 3.8) is 0 Å². The summed E-state index contributed by atoms with van der Waals surface area (Å²) in [6, 6.07) is 5.16. The maximum absolute atomic E-state index is 9.77. The minimum Gasteiger partial charge on any atom is -0.507 e. The molecule has 0 aliphatic heterocycles. The van der Waals surface area contributed by atoms with E-state index in [2.05, 4.69) is 25.6 Å². The van der Waals surface area contributed by atoms with Crippen LogP contribution in [-0.2, 0) is 0 Å². The van der Waals surface area contributed by atoms with E-state index in [0.717, 1.165) is 5.56 Å². The number of aromatic nitrogens is 5. The third kappa shape index (κ3) is 1.71. The lowest BCUT2D eigenvalue weighted by Gasteiger charge is -1.99. The van der Waals surface area contributed by atoms with Crippen LogP contribution in [-0.4, -0.2) is 30.7 Å². The first kappa shape index (κ1) is 10.5. The predicted octanol–water partition coefficient (Wildman–Crippen LogP) is 1.54. The van der Waals surface area contributed by atoms with Gasteiger partial charge in [-0.3, -0.25) is 0 Å².